The minimum absolute atomic E-state index is 0.629. The highest BCUT2D eigenvalue weighted by Gasteiger charge is 1.99. The van der Waals surface area contributed by atoms with Crippen LogP contribution < -0.4 is 0 Å². The predicted molar refractivity (Wildman–Crippen MR) is 251 cm³/mol. The lowest BCUT2D eigenvalue weighted by Gasteiger charge is -1.95. The van der Waals surface area contributed by atoms with Gasteiger partial charge in [0.25, 0.3) is 0 Å². The van der Waals surface area contributed by atoms with E-state index in [1.807, 2.05) is 170 Å². The zero-order valence-corrected chi connectivity index (χ0v) is 34.0. The first-order valence-corrected chi connectivity index (χ1v) is 20.1. The number of nitrogens with zero attached hydrogens (tertiary/aromatic N) is 4. The molecule has 4 nitrogen and oxygen atoms in total. The van der Waals surface area contributed by atoms with Crippen LogP contribution in [0.2, 0.25) is 0 Å². The van der Waals surface area contributed by atoms with Crippen molar-refractivity contribution in [1.82, 2.24) is 19.9 Å². The van der Waals surface area contributed by atoms with Crippen LogP contribution in [0.4, 0.5) is 0 Å². The molecule has 4 aromatic heterocycles. The van der Waals surface area contributed by atoms with Gasteiger partial charge in [0.15, 0.2) is 0 Å². The fourth-order valence-electron chi connectivity index (χ4n) is 5.93. The molecule has 4 aromatic carbocycles. The molecule has 0 radical (unpaired) electrons. The van der Waals surface area contributed by atoms with E-state index in [0.717, 1.165) is 44.5 Å². The number of pyridine rings is 4. The van der Waals surface area contributed by atoms with Gasteiger partial charge in [0.05, 0.1) is 0 Å². The first kappa shape index (κ1) is 39.4. The van der Waals surface area contributed by atoms with Crippen molar-refractivity contribution in [3.63, 3.8) is 0 Å². The fourth-order valence-corrected chi connectivity index (χ4v) is 5.93. The van der Waals surface area contributed by atoms with Gasteiger partial charge in [-0.3, -0.25) is 0 Å². The Bertz CT molecular complexity index is 2900. The van der Waals surface area contributed by atoms with Gasteiger partial charge in [0.2, 0.25) is 0 Å². The maximum atomic E-state index is 4.63. The second kappa shape index (κ2) is 19.4. The van der Waals surface area contributed by atoms with Crippen LogP contribution in [0.15, 0.2) is 170 Å². The van der Waals surface area contributed by atoms with Gasteiger partial charge in [-0.15, -0.1) is 0 Å². The molecule has 288 valence electrons. The first-order valence-electron chi connectivity index (χ1n) is 20.1. The molecule has 0 unspecified atom stereocenters. The van der Waals surface area contributed by atoms with Crippen molar-refractivity contribution in [2.24, 2.45) is 0 Å². The Labute approximate surface area is 373 Å². The van der Waals surface area contributed by atoms with Crippen molar-refractivity contribution in [1.29, 1.82) is 0 Å². The SMILES string of the molecule is C1#Cc2cccc(n2)C#Cc2ccc(cc2)C#Cc2cccc(n2)C#Cc2ccc(cc2)C#Cc2cccc(n2)C#Cc2ccc(cc2)C#Cc2cccc(n2)C#Cc2ccc1cc2. The monoisotopic (exact) mass is 804 g/mol. The third kappa shape index (κ3) is 11.2. The molecule has 7 aliphatic rings. The number of aromatic nitrogens is 4. The molecule has 0 atom stereocenters. The lowest BCUT2D eigenvalue weighted by molar-refractivity contribution is 1.25. The summed E-state index contributed by atoms with van der Waals surface area (Å²) in [4.78, 5) is 18.5. The third-order valence-corrected chi connectivity index (χ3v) is 9.22. The second-order valence-electron chi connectivity index (χ2n) is 13.9. The molecule has 7 aliphatic heterocycles. The summed E-state index contributed by atoms with van der Waals surface area (Å²) in [7, 11) is 0. The molecule has 16 bridgehead atoms. The standard InChI is InChI=1S/C60H28N4/c1-5-53-37-29-45-13-17-47(18-14-45)31-39-55-7-2-9-57(62-55)41-33-49-21-25-51(26-22-49)35-43-59-11-4-12-60(64-59)44-36-52-27-23-50(24-28-52)34-42-58-10-3-8-56(63-58)40-32-48-19-15-46(16-20-48)30-38-54(6-1)61-53/h1-28H. The fraction of sp³-hybridized carbons (Fsp3) is 0. The average molecular weight is 805 g/mol. The van der Waals surface area contributed by atoms with Crippen LogP contribution in [0.5, 0.6) is 0 Å². The van der Waals surface area contributed by atoms with Crippen molar-refractivity contribution in [3.8, 4) is 94.7 Å². The Morgan fingerprint density at radius 3 is 0.406 bits per heavy atom. The van der Waals surface area contributed by atoms with E-state index in [0.29, 0.717) is 45.6 Å². The lowest BCUT2D eigenvalue weighted by atomic mass is 10.1. The van der Waals surface area contributed by atoms with Crippen molar-refractivity contribution >= 4 is 0 Å². The van der Waals surface area contributed by atoms with Crippen LogP contribution in [-0.4, -0.2) is 19.9 Å². The summed E-state index contributed by atoms with van der Waals surface area (Å²) in [5.74, 6) is 50.7. The highest BCUT2D eigenvalue weighted by atomic mass is 14.7. The molecule has 0 amide bonds. The van der Waals surface area contributed by atoms with E-state index < -0.39 is 0 Å². The second-order valence-corrected chi connectivity index (χ2v) is 13.9. The van der Waals surface area contributed by atoms with E-state index in [2.05, 4.69) is 115 Å². The summed E-state index contributed by atoms with van der Waals surface area (Å²) in [5.41, 5.74) is 11.8. The molecular weight excluding hydrogens is 777 g/mol. The maximum absolute atomic E-state index is 4.63. The van der Waals surface area contributed by atoms with Crippen LogP contribution in [-0.2, 0) is 0 Å². The van der Waals surface area contributed by atoms with Crippen molar-refractivity contribution in [2.75, 3.05) is 0 Å². The third-order valence-electron chi connectivity index (χ3n) is 9.22. The van der Waals surface area contributed by atoms with Crippen LogP contribution in [0.25, 0.3) is 0 Å². The largest absolute Gasteiger partial charge is 0.231 e. The highest BCUT2D eigenvalue weighted by molar-refractivity contribution is 5.52. The van der Waals surface area contributed by atoms with Crippen molar-refractivity contribution in [2.45, 2.75) is 0 Å². The summed E-state index contributed by atoms with van der Waals surface area (Å²) >= 11 is 0. The summed E-state index contributed by atoms with van der Waals surface area (Å²) in [6.07, 6.45) is 0. The number of rotatable bonds is 0. The van der Waals surface area contributed by atoms with E-state index in [1.165, 1.54) is 0 Å². The van der Waals surface area contributed by atoms with Gasteiger partial charge in [-0.25, -0.2) is 19.9 Å². The van der Waals surface area contributed by atoms with Gasteiger partial charge in [-0.1, -0.05) is 71.6 Å². The Hall–Kier alpha value is -10.0. The Morgan fingerprint density at radius 1 is 0.156 bits per heavy atom. The quantitative estimate of drug-likeness (QED) is 0.144. The minimum Gasteiger partial charge on any atom is -0.231 e. The summed E-state index contributed by atoms with van der Waals surface area (Å²) in [5, 5.41) is 0. The molecule has 0 aliphatic carbocycles. The smallest absolute Gasteiger partial charge is 0.115 e. The van der Waals surface area contributed by atoms with E-state index in [1.54, 1.807) is 0 Å². The van der Waals surface area contributed by atoms with Crippen molar-refractivity contribution < 1.29 is 0 Å². The Morgan fingerprint density at radius 2 is 0.281 bits per heavy atom. The maximum Gasteiger partial charge on any atom is 0.115 e. The number of hydrogen-bond acceptors (Lipinski definition) is 4. The van der Waals surface area contributed by atoms with Gasteiger partial charge >= 0.3 is 0 Å². The molecule has 15 rings (SSSR count). The van der Waals surface area contributed by atoms with E-state index >= 15 is 0 Å². The van der Waals surface area contributed by atoms with Crippen LogP contribution >= 0.6 is 0 Å². The average Bonchev–Trinajstić information content (AvgIpc) is 3.35. The molecule has 0 N–H and O–H groups in total. The van der Waals surface area contributed by atoms with Crippen molar-refractivity contribution in [3.05, 3.63) is 260 Å². The zero-order valence-electron chi connectivity index (χ0n) is 34.0. The van der Waals surface area contributed by atoms with E-state index in [4.69, 9.17) is 0 Å². The molecule has 0 saturated carbocycles. The van der Waals surface area contributed by atoms with Crippen LogP contribution in [0.1, 0.15) is 90.1 Å². The molecule has 11 heterocycles. The Balaban J connectivity index is 0.984. The molecule has 4 heteroatoms. The molecule has 0 spiro atoms. The zero-order chi connectivity index (χ0) is 43.2. The molecule has 64 heavy (non-hydrogen) atoms. The first-order chi connectivity index (χ1) is 31.6. The van der Waals surface area contributed by atoms with Gasteiger partial charge in [-0.05, 0) is 193 Å². The van der Waals surface area contributed by atoms with Gasteiger partial charge in [0.1, 0.15) is 45.6 Å². The van der Waals surface area contributed by atoms with Gasteiger partial charge in [0, 0.05) is 44.5 Å². The van der Waals surface area contributed by atoms with E-state index in [9.17, 15) is 0 Å². The molecular formula is C60H28N4. The minimum atomic E-state index is 0.629. The van der Waals surface area contributed by atoms with E-state index in [-0.39, 0.29) is 0 Å². The molecule has 8 aromatic rings. The lowest BCUT2D eigenvalue weighted by Crippen LogP contribution is -1.88. The summed E-state index contributed by atoms with van der Waals surface area (Å²) < 4.78 is 0. The highest BCUT2D eigenvalue weighted by Crippen LogP contribution is 2.09. The van der Waals surface area contributed by atoms with Gasteiger partial charge < -0.3 is 0 Å². The van der Waals surface area contributed by atoms with Gasteiger partial charge in [-0.2, -0.15) is 0 Å². The van der Waals surface area contributed by atoms with Crippen LogP contribution in [0, 0.1) is 94.7 Å². The molecule has 0 fully saturated rings. The van der Waals surface area contributed by atoms with Crippen LogP contribution in [0.3, 0.4) is 0 Å². The Kier molecular flexibility index (Phi) is 11.9. The predicted octanol–water partition coefficient (Wildman–Crippen LogP) is 8.78. The number of benzene rings is 4. The molecule has 0 saturated heterocycles. The number of hydrogen-bond donors (Lipinski definition) is 0. The topological polar surface area (TPSA) is 51.6 Å². The normalized spacial score (nSPS) is 10.5. The summed E-state index contributed by atoms with van der Waals surface area (Å²) in [6, 6.07) is 53.6. The summed E-state index contributed by atoms with van der Waals surface area (Å²) in [6.45, 7) is 0.